The first-order valence-corrected chi connectivity index (χ1v) is 11.2. The average molecular weight is 368 g/mol. The van der Waals surface area contributed by atoms with Gasteiger partial charge in [-0.15, -0.1) is 0 Å². The highest BCUT2D eigenvalue weighted by atomic mass is 28.3. The Hall–Kier alpha value is -1.42. The van der Waals surface area contributed by atoms with Gasteiger partial charge in [0, 0.05) is 0 Å². The van der Waals surface area contributed by atoms with Crippen LogP contribution in [-0.2, 0) is 4.43 Å². The largest absolute Gasteiger partial charge is 0.404 e. The van der Waals surface area contributed by atoms with E-state index in [1.807, 2.05) is 0 Å². The lowest BCUT2D eigenvalue weighted by Gasteiger charge is -2.42. The Morgan fingerprint density at radius 2 is 1.46 bits per heavy atom. The molecule has 2 nitrogen and oxygen atoms in total. The van der Waals surface area contributed by atoms with Crippen LogP contribution >= 0.6 is 0 Å². The number of aliphatic hydroxyl groups excluding tert-OH is 1. The molecule has 26 heavy (non-hydrogen) atoms. The van der Waals surface area contributed by atoms with E-state index in [1.54, 1.807) is 0 Å². The quantitative estimate of drug-likeness (QED) is 0.815. The van der Waals surface area contributed by atoms with Crippen molar-refractivity contribution in [3.63, 3.8) is 0 Å². The molecule has 1 N–H and O–H groups in total. The van der Waals surface area contributed by atoms with Gasteiger partial charge in [0.15, 0.2) is 0 Å². The average Bonchev–Trinajstić information content (AvgIpc) is 2.63. The van der Waals surface area contributed by atoms with Gasteiger partial charge in [-0.1, -0.05) is 87.9 Å². The fourth-order valence-electron chi connectivity index (χ4n) is 4.06. The topological polar surface area (TPSA) is 29.5 Å². The van der Waals surface area contributed by atoms with Gasteiger partial charge in [-0.05, 0) is 41.0 Å². The van der Waals surface area contributed by atoms with Crippen molar-refractivity contribution < 1.29 is 9.53 Å². The van der Waals surface area contributed by atoms with E-state index in [4.69, 9.17) is 4.43 Å². The van der Waals surface area contributed by atoms with Crippen LogP contribution in [0.15, 0.2) is 60.7 Å². The lowest BCUT2D eigenvalue weighted by Crippen LogP contribution is -2.52. The maximum Gasteiger partial charge on any atom is 0.283 e. The molecule has 2 aromatic rings. The van der Waals surface area contributed by atoms with E-state index in [1.165, 1.54) is 10.4 Å². The van der Waals surface area contributed by atoms with Gasteiger partial charge in [-0.25, -0.2) is 0 Å². The van der Waals surface area contributed by atoms with Gasteiger partial charge in [-0.2, -0.15) is 0 Å². The fraction of sp³-hybridized carbons (Fsp3) is 0.478. The summed E-state index contributed by atoms with van der Waals surface area (Å²) in [5.41, 5.74) is 0.0429. The molecular weight excluding hydrogens is 336 g/mol. The number of hydrogen-bond donors (Lipinski definition) is 1. The van der Waals surface area contributed by atoms with Crippen LogP contribution in [0.1, 0.15) is 46.5 Å². The van der Waals surface area contributed by atoms with Crippen LogP contribution in [0.25, 0.3) is 0 Å². The number of rotatable bonds is 5. The standard InChI is InChI=1S/C23H31O2Si/c1-23(2,3)22(18-11-10-12-19(24)17-18)25-26(20-13-6-4-7-14-20)21-15-8-5-9-16-21/h4-9,13-16,18-19,22,24H,10-12,17H2,1-3H3/t18-,19+,22?/m0/s1. The summed E-state index contributed by atoms with van der Waals surface area (Å²) in [4.78, 5) is 0. The zero-order valence-corrected chi connectivity index (χ0v) is 17.2. The molecule has 1 aliphatic carbocycles. The van der Waals surface area contributed by atoms with Crippen LogP contribution in [-0.4, -0.2) is 26.4 Å². The van der Waals surface area contributed by atoms with E-state index in [-0.39, 0.29) is 17.6 Å². The van der Waals surface area contributed by atoms with Gasteiger partial charge < -0.3 is 9.53 Å². The first-order valence-electron chi connectivity index (χ1n) is 9.77. The fourth-order valence-corrected chi connectivity index (χ4v) is 6.46. The molecule has 1 unspecified atom stereocenters. The van der Waals surface area contributed by atoms with Gasteiger partial charge in [0.1, 0.15) is 0 Å². The summed E-state index contributed by atoms with van der Waals surface area (Å²) < 4.78 is 6.97. The summed E-state index contributed by atoms with van der Waals surface area (Å²) in [5, 5.41) is 12.8. The van der Waals surface area contributed by atoms with Crippen LogP contribution in [0.5, 0.6) is 0 Å². The molecule has 1 aliphatic rings. The van der Waals surface area contributed by atoms with Crippen molar-refractivity contribution >= 4 is 19.4 Å². The molecule has 139 valence electrons. The lowest BCUT2D eigenvalue weighted by atomic mass is 9.74. The highest BCUT2D eigenvalue weighted by Crippen LogP contribution is 2.37. The van der Waals surface area contributed by atoms with Crippen LogP contribution in [0, 0.1) is 11.3 Å². The van der Waals surface area contributed by atoms with Crippen LogP contribution in [0.3, 0.4) is 0 Å². The van der Waals surface area contributed by atoms with Crippen LogP contribution < -0.4 is 10.4 Å². The summed E-state index contributed by atoms with van der Waals surface area (Å²) in [6.07, 6.45) is 4.01. The molecule has 1 fully saturated rings. The molecule has 3 heteroatoms. The predicted octanol–water partition coefficient (Wildman–Crippen LogP) is 3.77. The Bertz CT molecular complexity index is 626. The molecule has 0 saturated heterocycles. The van der Waals surface area contributed by atoms with Crippen molar-refractivity contribution in [1.82, 2.24) is 0 Å². The Balaban J connectivity index is 1.92. The van der Waals surface area contributed by atoms with Crippen molar-refractivity contribution in [2.75, 3.05) is 0 Å². The van der Waals surface area contributed by atoms with E-state index < -0.39 is 9.04 Å². The van der Waals surface area contributed by atoms with E-state index in [2.05, 4.69) is 81.4 Å². The van der Waals surface area contributed by atoms with Crippen LogP contribution in [0.4, 0.5) is 0 Å². The molecular formula is C23H31O2Si. The van der Waals surface area contributed by atoms with Crippen molar-refractivity contribution in [1.29, 1.82) is 0 Å². The first kappa shape index (κ1) is 19.3. The molecule has 1 radical (unpaired) electrons. The third-order valence-corrected chi connectivity index (χ3v) is 7.49. The van der Waals surface area contributed by atoms with Crippen molar-refractivity contribution in [3.8, 4) is 0 Å². The van der Waals surface area contributed by atoms with Crippen molar-refractivity contribution in [2.24, 2.45) is 11.3 Å². The van der Waals surface area contributed by atoms with Crippen molar-refractivity contribution in [3.05, 3.63) is 60.7 Å². The zero-order chi connectivity index (χ0) is 18.6. The minimum atomic E-state index is -1.33. The highest BCUT2D eigenvalue weighted by Gasteiger charge is 2.38. The second-order valence-electron chi connectivity index (χ2n) is 8.55. The van der Waals surface area contributed by atoms with E-state index in [0.29, 0.717) is 5.92 Å². The SMILES string of the molecule is CC(C)(C)C(O[Si](c1ccccc1)c1ccccc1)[C@H]1CCC[C@@H](O)C1. The Kier molecular flexibility index (Phi) is 6.33. The Morgan fingerprint density at radius 1 is 0.923 bits per heavy atom. The number of benzene rings is 2. The predicted molar refractivity (Wildman–Crippen MR) is 110 cm³/mol. The molecule has 0 aromatic heterocycles. The van der Waals surface area contributed by atoms with E-state index in [9.17, 15) is 5.11 Å². The van der Waals surface area contributed by atoms with Gasteiger partial charge in [0.25, 0.3) is 9.04 Å². The highest BCUT2D eigenvalue weighted by molar-refractivity contribution is 6.80. The van der Waals surface area contributed by atoms with Crippen LogP contribution in [0.2, 0.25) is 0 Å². The molecule has 0 aliphatic heterocycles. The Labute approximate surface area is 160 Å². The van der Waals surface area contributed by atoms with E-state index >= 15 is 0 Å². The van der Waals surface area contributed by atoms with Gasteiger partial charge in [-0.3, -0.25) is 0 Å². The molecule has 0 heterocycles. The molecule has 1 saturated carbocycles. The maximum atomic E-state index is 10.2. The monoisotopic (exact) mass is 367 g/mol. The van der Waals surface area contributed by atoms with Gasteiger partial charge in [0.05, 0.1) is 12.2 Å². The molecule has 0 amide bonds. The van der Waals surface area contributed by atoms with E-state index in [0.717, 1.165) is 25.7 Å². The normalized spacial score (nSPS) is 22.3. The molecule has 0 bridgehead atoms. The minimum absolute atomic E-state index is 0.0429. The third-order valence-electron chi connectivity index (χ3n) is 5.29. The number of aliphatic hydroxyl groups is 1. The summed E-state index contributed by atoms with van der Waals surface area (Å²) in [7, 11) is -1.33. The van der Waals surface area contributed by atoms with Crippen molar-refractivity contribution in [2.45, 2.75) is 58.7 Å². The zero-order valence-electron chi connectivity index (χ0n) is 16.2. The maximum absolute atomic E-state index is 10.2. The molecule has 0 spiro atoms. The summed E-state index contributed by atoms with van der Waals surface area (Å²) in [6.45, 7) is 6.82. The van der Waals surface area contributed by atoms with Gasteiger partial charge >= 0.3 is 0 Å². The smallest absolute Gasteiger partial charge is 0.283 e. The second-order valence-corrected chi connectivity index (χ2v) is 10.6. The third kappa shape index (κ3) is 4.85. The summed E-state index contributed by atoms with van der Waals surface area (Å²) in [6, 6.07) is 21.3. The van der Waals surface area contributed by atoms with Gasteiger partial charge in [0.2, 0.25) is 0 Å². The number of hydrogen-bond acceptors (Lipinski definition) is 2. The molecule has 3 atom stereocenters. The Morgan fingerprint density at radius 3 is 1.92 bits per heavy atom. The molecule has 3 rings (SSSR count). The lowest BCUT2D eigenvalue weighted by molar-refractivity contribution is -0.0104. The second kappa shape index (κ2) is 8.51. The minimum Gasteiger partial charge on any atom is -0.404 e. The summed E-state index contributed by atoms with van der Waals surface area (Å²) >= 11 is 0. The molecule has 2 aromatic carbocycles. The summed E-state index contributed by atoms with van der Waals surface area (Å²) in [5.74, 6) is 0.422. The first-order chi connectivity index (χ1) is 12.4.